The zero-order chi connectivity index (χ0) is 20.5. The largest absolute Gasteiger partial charge is 0.391 e. The van der Waals surface area contributed by atoms with Gasteiger partial charge in [-0.15, -0.1) is 0 Å². The van der Waals surface area contributed by atoms with Crippen molar-refractivity contribution in [2.45, 2.75) is 53.1 Å². The van der Waals surface area contributed by atoms with E-state index < -0.39 is 6.10 Å². The van der Waals surface area contributed by atoms with Gasteiger partial charge in [0, 0.05) is 31.5 Å². The van der Waals surface area contributed by atoms with Gasteiger partial charge in [0.2, 0.25) is 17.6 Å². The predicted octanol–water partition coefficient (Wildman–Crippen LogP) is 3.37. The van der Waals surface area contributed by atoms with Crippen LogP contribution in [0, 0.1) is 24.1 Å². The predicted molar refractivity (Wildman–Crippen MR) is 103 cm³/mol. The van der Waals surface area contributed by atoms with Crippen molar-refractivity contribution >= 4 is 5.91 Å². The van der Waals surface area contributed by atoms with Crippen molar-refractivity contribution in [1.82, 2.24) is 15.0 Å². The van der Waals surface area contributed by atoms with E-state index in [1.165, 1.54) is 6.07 Å². The van der Waals surface area contributed by atoms with E-state index in [-0.39, 0.29) is 29.5 Å². The van der Waals surface area contributed by atoms with Crippen LogP contribution in [-0.4, -0.2) is 45.2 Å². The van der Waals surface area contributed by atoms with Crippen LogP contribution in [-0.2, 0) is 11.2 Å². The van der Waals surface area contributed by atoms with Crippen molar-refractivity contribution < 1.29 is 18.8 Å². The zero-order valence-electron chi connectivity index (χ0n) is 16.9. The molecule has 1 fully saturated rings. The number of carbonyl (C=O) groups is 1. The standard InChI is InChI=1S/C21H28FN3O3/c1-13-5-6-14(11-16(13)22)20-23-18(28-24-20)7-8-19(27)25-10-9-15(17(26)12-25)21(2,3)4/h5-6,11,15,17,26H,7-10,12H2,1-4H3/t15-,17-/m1/s1. The lowest BCUT2D eigenvalue weighted by Crippen LogP contribution is -2.50. The molecule has 1 aromatic heterocycles. The highest BCUT2D eigenvalue weighted by atomic mass is 19.1. The first-order valence-electron chi connectivity index (χ1n) is 9.70. The minimum Gasteiger partial charge on any atom is -0.391 e. The maximum atomic E-state index is 13.7. The molecule has 1 aliphatic rings. The Bertz CT molecular complexity index is 844. The van der Waals surface area contributed by atoms with E-state index in [2.05, 4.69) is 30.9 Å². The van der Waals surface area contributed by atoms with Gasteiger partial charge in [0.15, 0.2) is 0 Å². The number of hydrogen-bond acceptors (Lipinski definition) is 5. The van der Waals surface area contributed by atoms with E-state index in [0.29, 0.717) is 42.4 Å². The average molecular weight is 389 g/mol. The normalized spacial score (nSPS) is 20.4. The molecule has 2 atom stereocenters. The number of aliphatic hydroxyl groups excluding tert-OH is 1. The summed E-state index contributed by atoms with van der Waals surface area (Å²) in [6, 6.07) is 4.77. The minimum atomic E-state index is -0.510. The Labute approximate surface area is 164 Å². The molecule has 0 bridgehead atoms. The molecule has 2 aromatic rings. The van der Waals surface area contributed by atoms with E-state index in [0.717, 1.165) is 6.42 Å². The lowest BCUT2D eigenvalue weighted by molar-refractivity contribution is -0.137. The number of aromatic nitrogens is 2. The summed E-state index contributed by atoms with van der Waals surface area (Å²) in [7, 11) is 0. The monoisotopic (exact) mass is 389 g/mol. The zero-order valence-corrected chi connectivity index (χ0v) is 16.9. The summed E-state index contributed by atoms with van der Waals surface area (Å²) < 4.78 is 18.9. The molecule has 6 nitrogen and oxygen atoms in total. The molecule has 2 heterocycles. The maximum absolute atomic E-state index is 13.7. The Hall–Kier alpha value is -2.28. The highest BCUT2D eigenvalue weighted by molar-refractivity contribution is 5.76. The highest BCUT2D eigenvalue weighted by Crippen LogP contribution is 2.34. The van der Waals surface area contributed by atoms with E-state index in [1.54, 1.807) is 24.0 Å². The molecule has 3 rings (SSSR count). The molecule has 1 N–H and O–H groups in total. The minimum absolute atomic E-state index is 0.0180. The van der Waals surface area contributed by atoms with Gasteiger partial charge in [-0.05, 0) is 36.3 Å². The summed E-state index contributed by atoms with van der Waals surface area (Å²) in [6.07, 6.45) is 0.830. The number of aliphatic hydroxyl groups is 1. The fraction of sp³-hybridized carbons (Fsp3) is 0.571. The molecular formula is C21H28FN3O3. The van der Waals surface area contributed by atoms with Gasteiger partial charge in [-0.3, -0.25) is 4.79 Å². The first kappa shape index (κ1) is 20.5. The first-order valence-corrected chi connectivity index (χ1v) is 9.70. The van der Waals surface area contributed by atoms with Crippen LogP contribution in [0.15, 0.2) is 22.7 Å². The molecule has 7 heteroatoms. The number of likely N-dealkylation sites (tertiary alicyclic amines) is 1. The molecule has 0 aliphatic carbocycles. The Morgan fingerprint density at radius 2 is 2.14 bits per heavy atom. The van der Waals surface area contributed by atoms with Crippen LogP contribution < -0.4 is 0 Å². The highest BCUT2D eigenvalue weighted by Gasteiger charge is 2.36. The van der Waals surface area contributed by atoms with Gasteiger partial charge in [0.05, 0.1) is 6.10 Å². The van der Waals surface area contributed by atoms with Crippen LogP contribution in [0.25, 0.3) is 11.4 Å². The Kier molecular flexibility index (Phi) is 5.84. The molecule has 28 heavy (non-hydrogen) atoms. The quantitative estimate of drug-likeness (QED) is 0.867. The Balaban J connectivity index is 1.56. The van der Waals surface area contributed by atoms with Crippen LogP contribution in [0.1, 0.15) is 45.1 Å². The summed E-state index contributed by atoms with van der Waals surface area (Å²) in [5.41, 5.74) is 1.11. The van der Waals surface area contributed by atoms with E-state index >= 15 is 0 Å². The van der Waals surface area contributed by atoms with Crippen LogP contribution in [0.4, 0.5) is 4.39 Å². The molecule has 0 saturated carbocycles. The average Bonchev–Trinajstić information content (AvgIpc) is 3.10. The number of β-amino-alcohol motifs (C(OH)–C–C–N with tert-alkyl or cyclic N) is 1. The Morgan fingerprint density at radius 3 is 2.79 bits per heavy atom. The second kappa shape index (κ2) is 7.99. The van der Waals surface area contributed by atoms with Crippen molar-refractivity contribution in [3.8, 4) is 11.4 Å². The maximum Gasteiger partial charge on any atom is 0.227 e. The van der Waals surface area contributed by atoms with Gasteiger partial charge in [-0.25, -0.2) is 4.39 Å². The number of halogens is 1. The third kappa shape index (κ3) is 4.58. The van der Waals surface area contributed by atoms with E-state index in [4.69, 9.17) is 4.52 Å². The summed E-state index contributed by atoms with van der Waals surface area (Å²) in [5, 5.41) is 14.3. The van der Waals surface area contributed by atoms with Gasteiger partial charge >= 0.3 is 0 Å². The number of rotatable bonds is 4. The van der Waals surface area contributed by atoms with Crippen molar-refractivity contribution in [3.63, 3.8) is 0 Å². The number of aryl methyl sites for hydroxylation is 2. The number of nitrogens with zero attached hydrogens (tertiary/aromatic N) is 3. The second-order valence-corrected chi connectivity index (χ2v) is 8.64. The van der Waals surface area contributed by atoms with Gasteiger partial charge < -0.3 is 14.5 Å². The summed E-state index contributed by atoms with van der Waals surface area (Å²) in [6.45, 7) is 9.05. The molecule has 0 unspecified atom stereocenters. The first-order chi connectivity index (χ1) is 13.1. The number of hydrogen-bond donors (Lipinski definition) is 1. The third-order valence-corrected chi connectivity index (χ3v) is 5.50. The third-order valence-electron chi connectivity index (χ3n) is 5.50. The van der Waals surface area contributed by atoms with Gasteiger partial charge in [0.25, 0.3) is 0 Å². The number of benzene rings is 1. The smallest absolute Gasteiger partial charge is 0.227 e. The van der Waals surface area contributed by atoms with Crippen molar-refractivity contribution in [3.05, 3.63) is 35.5 Å². The van der Waals surface area contributed by atoms with Crippen molar-refractivity contribution in [1.29, 1.82) is 0 Å². The van der Waals surface area contributed by atoms with Crippen molar-refractivity contribution in [2.24, 2.45) is 11.3 Å². The number of carbonyl (C=O) groups excluding carboxylic acids is 1. The molecule has 1 aromatic carbocycles. The Morgan fingerprint density at radius 1 is 1.39 bits per heavy atom. The second-order valence-electron chi connectivity index (χ2n) is 8.64. The summed E-state index contributed by atoms with van der Waals surface area (Å²) >= 11 is 0. The van der Waals surface area contributed by atoms with Crippen LogP contribution in [0.5, 0.6) is 0 Å². The molecule has 0 spiro atoms. The fourth-order valence-corrected chi connectivity index (χ4v) is 3.75. The van der Waals surface area contributed by atoms with Gasteiger partial charge in [0.1, 0.15) is 5.82 Å². The molecular weight excluding hydrogens is 361 g/mol. The lowest BCUT2D eigenvalue weighted by atomic mass is 9.73. The number of piperidine rings is 1. The van der Waals surface area contributed by atoms with Crippen molar-refractivity contribution in [2.75, 3.05) is 13.1 Å². The van der Waals surface area contributed by atoms with Crippen LogP contribution in [0.2, 0.25) is 0 Å². The van der Waals surface area contributed by atoms with Gasteiger partial charge in [-0.1, -0.05) is 38.1 Å². The molecule has 152 valence electrons. The summed E-state index contributed by atoms with van der Waals surface area (Å²) in [4.78, 5) is 18.5. The summed E-state index contributed by atoms with van der Waals surface area (Å²) in [5.74, 6) is 0.478. The van der Waals surface area contributed by atoms with Gasteiger partial charge in [-0.2, -0.15) is 4.98 Å². The van der Waals surface area contributed by atoms with Crippen LogP contribution in [0.3, 0.4) is 0 Å². The SMILES string of the molecule is Cc1ccc(-c2noc(CCC(=O)N3CC[C@@H](C(C)(C)C)[C@H](O)C3)n2)cc1F. The fourth-order valence-electron chi connectivity index (χ4n) is 3.75. The molecule has 1 aliphatic heterocycles. The van der Waals surface area contributed by atoms with Crippen LogP contribution >= 0.6 is 0 Å². The topological polar surface area (TPSA) is 79.5 Å². The molecule has 1 saturated heterocycles. The van der Waals surface area contributed by atoms with E-state index in [9.17, 15) is 14.3 Å². The number of amides is 1. The lowest BCUT2D eigenvalue weighted by Gasteiger charge is -2.42. The molecule has 1 amide bonds. The van der Waals surface area contributed by atoms with E-state index in [1.807, 2.05) is 0 Å². The molecule has 0 radical (unpaired) electrons.